The molecule has 0 saturated carbocycles. The molecule has 2 aliphatic heterocycles. The third-order valence-electron chi connectivity index (χ3n) is 4.23. The first-order chi connectivity index (χ1) is 10.3. The van der Waals surface area contributed by atoms with E-state index in [1.165, 1.54) is 32.4 Å². The van der Waals surface area contributed by atoms with E-state index in [1.807, 2.05) is 7.05 Å². The van der Waals surface area contributed by atoms with Gasteiger partial charge >= 0.3 is 0 Å². The predicted octanol–water partition coefficient (Wildman–Crippen LogP) is 0.586. The topological polar surface area (TPSA) is 52.1 Å². The predicted molar refractivity (Wildman–Crippen MR) is 102 cm³/mol. The van der Waals surface area contributed by atoms with Gasteiger partial charge in [-0.15, -0.1) is 24.0 Å². The molecule has 1 atom stereocenters. The molecule has 0 radical (unpaired) electrons. The molecule has 0 aromatic rings. The number of halogens is 1. The van der Waals surface area contributed by atoms with Crippen molar-refractivity contribution in [2.75, 3.05) is 66.5 Å². The van der Waals surface area contributed by atoms with E-state index in [9.17, 15) is 0 Å². The van der Waals surface area contributed by atoms with Crippen molar-refractivity contribution in [3.8, 4) is 0 Å². The number of nitrogens with one attached hydrogen (secondary N) is 2. The maximum atomic E-state index is 5.75. The van der Waals surface area contributed by atoms with Crippen molar-refractivity contribution in [1.29, 1.82) is 0 Å². The monoisotopic (exact) mass is 425 g/mol. The molecule has 6 nitrogen and oxygen atoms in total. The second-order valence-corrected chi connectivity index (χ2v) is 6.04. The van der Waals surface area contributed by atoms with Gasteiger partial charge in [-0.25, -0.2) is 0 Å². The normalized spacial score (nSPS) is 24.6. The highest BCUT2D eigenvalue weighted by Gasteiger charge is 2.17. The zero-order chi connectivity index (χ0) is 14.9. The molecule has 7 heteroatoms. The van der Waals surface area contributed by atoms with Crippen LogP contribution in [0.2, 0.25) is 0 Å². The Kier molecular flexibility index (Phi) is 10.3. The van der Waals surface area contributed by atoms with Crippen LogP contribution in [0, 0.1) is 0 Å². The van der Waals surface area contributed by atoms with Gasteiger partial charge in [0, 0.05) is 39.8 Å². The second-order valence-electron chi connectivity index (χ2n) is 6.04. The number of hydrogen-bond acceptors (Lipinski definition) is 4. The number of rotatable bonds is 5. The largest absolute Gasteiger partial charge is 0.374 e. The molecule has 2 heterocycles. The van der Waals surface area contributed by atoms with Gasteiger partial charge in [0.15, 0.2) is 5.96 Å². The number of morpholine rings is 1. The number of likely N-dealkylation sites (tertiary alicyclic amines) is 1. The summed E-state index contributed by atoms with van der Waals surface area (Å²) in [6, 6.07) is 0. The van der Waals surface area contributed by atoms with Gasteiger partial charge in [-0.3, -0.25) is 4.99 Å². The van der Waals surface area contributed by atoms with Gasteiger partial charge in [-0.05, 0) is 33.0 Å². The van der Waals surface area contributed by atoms with Crippen LogP contribution in [0.25, 0.3) is 0 Å². The first kappa shape index (κ1) is 19.9. The standard InChI is InChI=1S/C15H31N5O.HI/c1-16-15(17-6-9-20-7-4-3-5-8-20)18-12-14-13-19(2)10-11-21-14;/h14H,3-13H2,1-2H3,(H2,16,17,18);1H. The zero-order valence-corrected chi connectivity index (χ0v) is 16.3. The van der Waals surface area contributed by atoms with Crippen LogP contribution < -0.4 is 10.6 Å². The molecule has 0 spiro atoms. The first-order valence-corrected chi connectivity index (χ1v) is 8.25. The maximum Gasteiger partial charge on any atom is 0.191 e. The fourth-order valence-electron chi connectivity index (χ4n) is 2.94. The molecule has 1 unspecified atom stereocenters. The molecular formula is C15H32IN5O. The van der Waals surface area contributed by atoms with E-state index in [1.54, 1.807) is 0 Å². The van der Waals surface area contributed by atoms with Crippen molar-refractivity contribution in [3.05, 3.63) is 0 Å². The molecule has 2 fully saturated rings. The van der Waals surface area contributed by atoms with Crippen LogP contribution >= 0.6 is 24.0 Å². The minimum atomic E-state index is 0. The third kappa shape index (κ3) is 7.43. The summed E-state index contributed by atoms with van der Waals surface area (Å²) in [5.41, 5.74) is 0. The maximum absolute atomic E-state index is 5.75. The molecule has 0 amide bonds. The van der Waals surface area contributed by atoms with Crippen LogP contribution in [0.5, 0.6) is 0 Å². The molecule has 22 heavy (non-hydrogen) atoms. The fourth-order valence-corrected chi connectivity index (χ4v) is 2.94. The van der Waals surface area contributed by atoms with Crippen molar-refractivity contribution in [2.45, 2.75) is 25.4 Å². The smallest absolute Gasteiger partial charge is 0.191 e. The lowest BCUT2D eigenvalue weighted by molar-refractivity contribution is -0.0161. The van der Waals surface area contributed by atoms with Crippen molar-refractivity contribution >= 4 is 29.9 Å². The molecule has 2 aliphatic rings. The second kappa shape index (κ2) is 11.4. The van der Waals surface area contributed by atoms with Crippen molar-refractivity contribution in [1.82, 2.24) is 20.4 Å². The lowest BCUT2D eigenvalue weighted by atomic mass is 10.1. The van der Waals surface area contributed by atoms with Crippen molar-refractivity contribution < 1.29 is 4.74 Å². The van der Waals surface area contributed by atoms with Gasteiger partial charge in [-0.1, -0.05) is 6.42 Å². The number of likely N-dealkylation sites (N-methyl/N-ethyl adjacent to an activating group) is 1. The highest BCUT2D eigenvalue weighted by atomic mass is 127. The number of hydrogen-bond donors (Lipinski definition) is 2. The lowest BCUT2D eigenvalue weighted by Gasteiger charge is -2.30. The van der Waals surface area contributed by atoms with Gasteiger partial charge in [0.25, 0.3) is 0 Å². The van der Waals surface area contributed by atoms with E-state index >= 15 is 0 Å². The SMILES string of the molecule is CN=C(NCCN1CCCCC1)NCC1CN(C)CCO1.I. The fraction of sp³-hybridized carbons (Fsp3) is 0.933. The minimum absolute atomic E-state index is 0. The zero-order valence-electron chi connectivity index (χ0n) is 14.0. The van der Waals surface area contributed by atoms with Gasteiger partial charge in [0.2, 0.25) is 0 Å². The highest BCUT2D eigenvalue weighted by Crippen LogP contribution is 2.07. The molecule has 0 aromatic heterocycles. The van der Waals surface area contributed by atoms with E-state index in [-0.39, 0.29) is 30.1 Å². The summed E-state index contributed by atoms with van der Waals surface area (Å²) in [4.78, 5) is 9.12. The summed E-state index contributed by atoms with van der Waals surface area (Å²) < 4.78 is 5.75. The molecule has 0 aliphatic carbocycles. The Morgan fingerprint density at radius 2 is 1.95 bits per heavy atom. The van der Waals surface area contributed by atoms with Crippen LogP contribution in [0.1, 0.15) is 19.3 Å². The van der Waals surface area contributed by atoms with Crippen LogP contribution in [0.15, 0.2) is 4.99 Å². The Hall–Kier alpha value is -0.120. The lowest BCUT2D eigenvalue weighted by Crippen LogP contribution is -2.49. The van der Waals surface area contributed by atoms with E-state index in [0.29, 0.717) is 0 Å². The van der Waals surface area contributed by atoms with E-state index in [0.717, 1.165) is 45.3 Å². The average molecular weight is 425 g/mol. The van der Waals surface area contributed by atoms with E-state index < -0.39 is 0 Å². The van der Waals surface area contributed by atoms with Crippen LogP contribution in [-0.2, 0) is 4.74 Å². The van der Waals surface area contributed by atoms with Gasteiger partial charge < -0.3 is 25.2 Å². The quantitative estimate of drug-likeness (QED) is 0.384. The average Bonchev–Trinajstić information content (AvgIpc) is 2.52. The van der Waals surface area contributed by atoms with Crippen molar-refractivity contribution in [2.24, 2.45) is 4.99 Å². The molecule has 2 N–H and O–H groups in total. The van der Waals surface area contributed by atoms with Crippen LogP contribution in [0.3, 0.4) is 0 Å². The van der Waals surface area contributed by atoms with Gasteiger partial charge in [-0.2, -0.15) is 0 Å². The Labute approximate surface area is 152 Å². The van der Waals surface area contributed by atoms with Crippen LogP contribution in [-0.4, -0.2) is 88.4 Å². The highest BCUT2D eigenvalue weighted by molar-refractivity contribution is 14.0. The van der Waals surface area contributed by atoms with Gasteiger partial charge in [0.05, 0.1) is 12.7 Å². The first-order valence-electron chi connectivity index (χ1n) is 8.25. The summed E-state index contributed by atoms with van der Waals surface area (Å²) in [6.45, 7) is 8.19. The van der Waals surface area contributed by atoms with E-state index in [2.05, 4.69) is 32.5 Å². The number of nitrogens with zero attached hydrogens (tertiary/aromatic N) is 3. The summed E-state index contributed by atoms with van der Waals surface area (Å²) in [6.07, 6.45) is 4.34. The number of aliphatic imine (C=N–C) groups is 1. The molecular weight excluding hydrogens is 393 g/mol. The Morgan fingerprint density at radius 3 is 2.64 bits per heavy atom. The summed E-state index contributed by atoms with van der Waals surface area (Å²) in [5.74, 6) is 0.879. The Balaban J connectivity index is 0.00000242. The Bertz CT molecular complexity index is 323. The number of ether oxygens (including phenoxy) is 1. The number of piperidine rings is 1. The minimum Gasteiger partial charge on any atom is -0.374 e. The molecule has 0 aromatic carbocycles. The summed E-state index contributed by atoms with van der Waals surface area (Å²) in [5, 5.41) is 6.76. The molecule has 130 valence electrons. The Morgan fingerprint density at radius 1 is 1.18 bits per heavy atom. The molecule has 2 saturated heterocycles. The van der Waals surface area contributed by atoms with E-state index in [4.69, 9.17) is 4.74 Å². The number of guanidine groups is 1. The third-order valence-corrected chi connectivity index (χ3v) is 4.23. The van der Waals surface area contributed by atoms with Crippen molar-refractivity contribution in [3.63, 3.8) is 0 Å². The molecule has 0 bridgehead atoms. The summed E-state index contributed by atoms with van der Waals surface area (Å²) >= 11 is 0. The van der Waals surface area contributed by atoms with Crippen LogP contribution in [0.4, 0.5) is 0 Å². The van der Waals surface area contributed by atoms with Gasteiger partial charge in [0.1, 0.15) is 0 Å². The summed E-state index contributed by atoms with van der Waals surface area (Å²) in [7, 11) is 3.96. The molecule has 2 rings (SSSR count).